The number of benzene rings is 2. The van der Waals surface area contributed by atoms with Gasteiger partial charge in [0.1, 0.15) is 11.9 Å². The van der Waals surface area contributed by atoms with Gasteiger partial charge in [-0.1, -0.05) is 18.2 Å². The van der Waals surface area contributed by atoms with E-state index in [1.807, 2.05) is 62.0 Å². The van der Waals surface area contributed by atoms with Crippen molar-refractivity contribution in [2.75, 3.05) is 0 Å². The minimum atomic E-state index is 0.397. The van der Waals surface area contributed by atoms with Crippen molar-refractivity contribution in [3.8, 4) is 23.0 Å². The van der Waals surface area contributed by atoms with Crippen molar-refractivity contribution >= 4 is 11.0 Å². The largest absolute Gasteiger partial charge is 0.331 e. The summed E-state index contributed by atoms with van der Waals surface area (Å²) in [6, 6.07) is 18.2. The first-order valence-corrected chi connectivity index (χ1v) is 8.07. The van der Waals surface area contributed by atoms with Crippen molar-refractivity contribution < 1.29 is 0 Å². The van der Waals surface area contributed by atoms with Gasteiger partial charge in [-0.3, -0.25) is 0 Å². The monoisotopic (exact) mass is 327 g/mol. The molecule has 0 aliphatic rings. The molecular weight excluding hydrogens is 310 g/mol. The summed E-state index contributed by atoms with van der Waals surface area (Å²) in [5.74, 6) is 0.969. The number of fused-ring (bicyclic) bond motifs is 1. The Morgan fingerprint density at radius 2 is 1.88 bits per heavy atom. The van der Waals surface area contributed by atoms with Crippen molar-refractivity contribution in [1.29, 1.82) is 5.26 Å². The minimum Gasteiger partial charge on any atom is -0.331 e. The van der Waals surface area contributed by atoms with Gasteiger partial charge in [0.15, 0.2) is 5.69 Å². The second kappa shape index (κ2) is 5.60. The fraction of sp³-hybridized carbons (Fsp3) is 0.150. The fourth-order valence-electron chi connectivity index (χ4n) is 3.08. The van der Waals surface area contributed by atoms with Gasteiger partial charge >= 0.3 is 0 Å². The van der Waals surface area contributed by atoms with E-state index in [9.17, 15) is 5.26 Å². The summed E-state index contributed by atoms with van der Waals surface area (Å²) in [4.78, 5) is 4.61. The molecule has 0 unspecified atom stereocenters. The predicted molar refractivity (Wildman–Crippen MR) is 97.5 cm³/mol. The zero-order valence-corrected chi connectivity index (χ0v) is 14.4. The van der Waals surface area contributed by atoms with E-state index in [0.29, 0.717) is 5.69 Å². The molecule has 0 saturated carbocycles. The molecule has 4 rings (SSSR count). The standard InChI is InChI=1S/C20H17N5/c1-13-5-4-6-17(9-13)25-20(11-16(12-21)23-25)15-7-8-19-18(10-15)22-14(2)24(19)3/h4-11H,1-3H3. The normalized spacial score (nSPS) is 11.0. The van der Waals surface area contributed by atoms with Crippen LogP contribution in [-0.4, -0.2) is 19.3 Å². The Balaban J connectivity index is 1.93. The highest BCUT2D eigenvalue weighted by Gasteiger charge is 2.14. The van der Waals surface area contributed by atoms with Crippen LogP contribution in [-0.2, 0) is 7.05 Å². The van der Waals surface area contributed by atoms with Gasteiger partial charge in [-0.25, -0.2) is 9.67 Å². The second-order valence-electron chi connectivity index (χ2n) is 6.20. The summed E-state index contributed by atoms with van der Waals surface area (Å²) < 4.78 is 3.89. The molecular formula is C20H17N5. The molecule has 122 valence electrons. The Kier molecular flexibility index (Phi) is 3.40. The molecule has 0 spiro atoms. The van der Waals surface area contributed by atoms with E-state index in [4.69, 9.17) is 0 Å². The van der Waals surface area contributed by atoms with Crippen LogP contribution in [0.3, 0.4) is 0 Å². The zero-order valence-electron chi connectivity index (χ0n) is 14.4. The third-order valence-corrected chi connectivity index (χ3v) is 4.47. The van der Waals surface area contributed by atoms with Crippen molar-refractivity contribution in [3.63, 3.8) is 0 Å². The van der Waals surface area contributed by atoms with E-state index < -0.39 is 0 Å². The Hall–Kier alpha value is -3.39. The van der Waals surface area contributed by atoms with Crippen LogP contribution in [0.25, 0.3) is 28.0 Å². The van der Waals surface area contributed by atoms with Crippen LogP contribution in [0.5, 0.6) is 0 Å². The summed E-state index contributed by atoms with van der Waals surface area (Å²) in [5, 5.41) is 13.7. The number of hydrogen-bond donors (Lipinski definition) is 0. The summed E-state index contributed by atoms with van der Waals surface area (Å²) in [7, 11) is 2.01. The Morgan fingerprint density at radius 3 is 2.64 bits per heavy atom. The molecule has 0 radical (unpaired) electrons. The first kappa shape index (κ1) is 15.2. The quantitative estimate of drug-likeness (QED) is 0.561. The van der Waals surface area contributed by atoms with E-state index in [1.165, 1.54) is 0 Å². The Bertz CT molecular complexity index is 1140. The SMILES string of the molecule is Cc1cccc(-n2nc(C#N)cc2-c2ccc3c(c2)nc(C)n3C)c1. The zero-order chi connectivity index (χ0) is 17.6. The van der Waals surface area contributed by atoms with E-state index >= 15 is 0 Å². The smallest absolute Gasteiger partial charge is 0.163 e. The molecule has 0 bridgehead atoms. The maximum absolute atomic E-state index is 9.29. The maximum atomic E-state index is 9.29. The third-order valence-electron chi connectivity index (χ3n) is 4.47. The average molecular weight is 327 g/mol. The predicted octanol–water partition coefficient (Wildman–Crippen LogP) is 3.91. The van der Waals surface area contributed by atoms with Crippen LogP contribution in [0.2, 0.25) is 0 Å². The molecule has 0 aliphatic carbocycles. The topological polar surface area (TPSA) is 59.4 Å². The van der Waals surface area contributed by atoms with Gasteiger partial charge in [0, 0.05) is 18.7 Å². The van der Waals surface area contributed by atoms with Crippen LogP contribution in [0, 0.1) is 25.2 Å². The molecule has 0 N–H and O–H groups in total. The number of aromatic nitrogens is 4. The van der Waals surface area contributed by atoms with Crippen LogP contribution in [0.1, 0.15) is 17.1 Å². The molecule has 0 fully saturated rings. The van der Waals surface area contributed by atoms with Crippen molar-refractivity contribution in [3.05, 3.63) is 65.6 Å². The Labute approximate surface area is 145 Å². The number of aryl methyl sites for hydroxylation is 3. The van der Waals surface area contributed by atoms with Crippen molar-refractivity contribution in [2.45, 2.75) is 13.8 Å². The molecule has 2 aromatic heterocycles. The highest BCUT2D eigenvalue weighted by molar-refractivity contribution is 5.82. The fourth-order valence-corrected chi connectivity index (χ4v) is 3.08. The third kappa shape index (κ3) is 2.48. The molecule has 5 heteroatoms. The summed E-state index contributed by atoms with van der Waals surface area (Å²) in [6.45, 7) is 4.03. The lowest BCUT2D eigenvalue weighted by Gasteiger charge is -2.08. The lowest BCUT2D eigenvalue weighted by atomic mass is 10.1. The summed E-state index contributed by atoms with van der Waals surface area (Å²) >= 11 is 0. The number of imidazole rings is 1. The van der Waals surface area contributed by atoms with Gasteiger partial charge in [-0.15, -0.1) is 0 Å². The van der Waals surface area contributed by atoms with Gasteiger partial charge < -0.3 is 4.57 Å². The highest BCUT2D eigenvalue weighted by atomic mass is 15.3. The van der Waals surface area contributed by atoms with Gasteiger partial charge in [0.25, 0.3) is 0 Å². The highest BCUT2D eigenvalue weighted by Crippen LogP contribution is 2.27. The van der Waals surface area contributed by atoms with Crippen LogP contribution in [0.15, 0.2) is 48.5 Å². The number of hydrogen-bond acceptors (Lipinski definition) is 3. The van der Waals surface area contributed by atoms with Crippen LogP contribution in [0.4, 0.5) is 0 Å². The maximum Gasteiger partial charge on any atom is 0.163 e. The molecule has 25 heavy (non-hydrogen) atoms. The minimum absolute atomic E-state index is 0.397. The molecule has 0 aliphatic heterocycles. The van der Waals surface area contributed by atoms with Gasteiger partial charge in [0.2, 0.25) is 0 Å². The van der Waals surface area contributed by atoms with Gasteiger partial charge in [-0.2, -0.15) is 10.4 Å². The number of nitrogens with zero attached hydrogens (tertiary/aromatic N) is 5. The second-order valence-corrected chi connectivity index (χ2v) is 6.20. The number of rotatable bonds is 2. The lowest BCUT2D eigenvalue weighted by Crippen LogP contribution is -1.99. The van der Waals surface area contributed by atoms with E-state index in [0.717, 1.165) is 39.4 Å². The average Bonchev–Trinajstić information content (AvgIpc) is 3.16. The summed E-state index contributed by atoms with van der Waals surface area (Å²) in [6.07, 6.45) is 0. The molecule has 0 amide bonds. The molecule has 0 atom stereocenters. The first-order chi connectivity index (χ1) is 12.1. The Morgan fingerprint density at radius 1 is 1.04 bits per heavy atom. The van der Waals surface area contributed by atoms with Crippen molar-refractivity contribution in [2.24, 2.45) is 7.05 Å². The van der Waals surface area contributed by atoms with E-state index in [-0.39, 0.29) is 0 Å². The molecule has 0 saturated heterocycles. The van der Waals surface area contributed by atoms with Crippen LogP contribution < -0.4 is 0 Å². The van der Waals surface area contributed by atoms with E-state index in [1.54, 1.807) is 0 Å². The molecule has 4 aromatic rings. The number of nitriles is 1. The summed E-state index contributed by atoms with van der Waals surface area (Å²) in [5.41, 5.74) is 6.38. The lowest BCUT2D eigenvalue weighted by molar-refractivity contribution is 0.879. The van der Waals surface area contributed by atoms with Gasteiger partial charge in [0.05, 0.1) is 22.4 Å². The van der Waals surface area contributed by atoms with Gasteiger partial charge in [-0.05, 0) is 43.7 Å². The molecule has 2 heterocycles. The molecule has 2 aromatic carbocycles. The van der Waals surface area contributed by atoms with E-state index in [2.05, 4.69) is 32.9 Å². The van der Waals surface area contributed by atoms with Crippen molar-refractivity contribution in [1.82, 2.24) is 19.3 Å². The first-order valence-electron chi connectivity index (χ1n) is 8.07. The molecule has 5 nitrogen and oxygen atoms in total. The van der Waals surface area contributed by atoms with Crippen LogP contribution >= 0.6 is 0 Å².